The van der Waals surface area contributed by atoms with Crippen molar-refractivity contribution in [2.75, 3.05) is 7.11 Å². The Hall–Kier alpha value is -2.40. The van der Waals surface area contributed by atoms with Crippen molar-refractivity contribution in [3.63, 3.8) is 0 Å². The van der Waals surface area contributed by atoms with E-state index in [1.807, 2.05) is 37.3 Å². The SMILES string of the molecule is COc1ccc([C@H](C)NCc2ccccc2[N+](=O)[O-])cc1. The summed E-state index contributed by atoms with van der Waals surface area (Å²) >= 11 is 0. The normalized spacial score (nSPS) is 11.9. The highest BCUT2D eigenvalue weighted by molar-refractivity contribution is 5.39. The van der Waals surface area contributed by atoms with Gasteiger partial charge >= 0.3 is 0 Å². The average molecular weight is 286 g/mol. The minimum atomic E-state index is -0.352. The lowest BCUT2D eigenvalue weighted by atomic mass is 10.1. The Morgan fingerprint density at radius 2 is 1.86 bits per heavy atom. The Morgan fingerprint density at radius 1 is 1.19 bits per heavy atom. The molecule has 0 saturated heterocycles. The lowest BCUT2D eigenvalue weighted by molar-refractivity contribution is -0.385. The first-order chi connectivity index (χ1) is 10.1. The van der Waals surface area contributed by atoms with Gasteiger partial charge in [0, 0.05) is 24.2 Å². The minimum absolute atomic E-state index is 0.0933. The number of benzene rings is 2. The summed E-state index contributed by atoms with van der Waals surface area (Å²) in [4.78, 5) is 10.6. The Bertz CT molecular complexity index is 611. The summed E-state index contributed by atoms with van der Waals surface area (Å²) < 4.78 is 5.12. The second-order valence-electron chi connectivity index (χ2n) is 4.76. The number of nitrogens with zero attached hydrogens (tertiary/aromatic N) is 1. The molecule has 0 saturated carbocycles. The third kappa shape index (κ3) is 3.79. The number of nitrogens with one attached hydrogen (secondary N) is 1. The van der Waals surface area contributed by atoms with Crippen LogP contribution >= 0.6 is 0 Å². The summed E-state index contributed by atoms with van der Waals surface area (Å²) in [5.41, 5.74) is 1.93. The summed E-state index contributed by atoms with van der Waals surface area (Å²) in [6.07, 6.45) is 0. The largest absolute Gasteiger partial charge is 0.497 e. The average Bonchev–Trinajstić information content (AvgIpc) is 2.52. The Morgan fingerprint density at radius 3 is 2.48 bits per heavy atom. The van der Waals surface area contributed by atoms with Crippen LogP contribution in [0.2, 0.25) is 0 Å². The molecule has 1 N–H and O–H groups in total. The fourth-order valence-corrected chi connectivity index (χ4v) is 2.11. The third-order valence-electron chi connectivity index (χ3n) is 3.40. The van der Waals surface area contributed by atoms with Crippen molar-refractivity contribution in [2.24, 2.45) is 0 Å². The molecule has 0 radical (unpaired) electrons. The van der Waals surface area contributed by atoms with Gasteiger partial charge in [-0.2, -0.15) is 0 Å². The second-order valence-corrected chi connectivity index (χ2v) is 4.76. The molecule has 0 heterocycles. The highest BCUT2D eigenvalue weighted by Gasteiger charge is 2.13. The molecule has 0 spiro atoms. The van der Waals surface area contributed by atoms with E-state index in [1.165, 1.54) is 6.07 Å². The second kappa shape index (κ2) is 6.85. The smallest absolute Gasteiger partial charge is 0.273 e. The van der Waals surface area contributed by atoms with Crippen LogP contribution < -0.4 is 10.1 Å². The number of ether oxygens (including phenoxy) is 1. The van der Waals surface area contributed by atoms with Gasteiger partial charge in [0.05, 0.1) is 12.0 Å². The van der Waals surface area contributed by atoms with E-state index in [4.69, 9.17) is 4.74 Å². The van der Waals surface area contributed by atoms with E-state index >= 15 is 0 Å². The van der Waals surface area contributed by atoms with E-state index in [9.17, 15) is 10.1 Å². The van der Waals surface area contributed by atoms with Gasteiger partial charge in [0.2, 0.25) is 0 Å². The van der Waals surface area contributed by atoms with Crippen LogP contribution in [0.5, 0.6) is 5.75 Å². The summed E-state index contributed by atoms with van der Waals surface area (Å²) in [7, 11) is 1.63. The quantitative estimate of drug-likeness (QED) is 0.652. The molecule has 0 aliphatic rings. The Labute approximate surface area is 123 Å². The van der Waals surface area contributed by atoms with Crippen molar-refractivity contribution in [3.8, 4) is 5.75 Å². The number of methoxy groups -OCH3 is 1. The van der Waals surface area contributed by atoms with Crippen LogP contribution in [-0.2, 0) is 6.54 Å². The molecule has 2 rings (SSSR count). The molecular weight excluding hydrogens is 268 g/mol. The van der Waals surface area contributed by atoms with Gasteiger partial charge in [-0.05, 0) is 24.6 Å². The third-order valence-corrected chi connectivity index (χ3v) is 3.40. The maximum Gasteiger partial charge on any atom is 0.273 e. The van der Waals surface area contributed by atoms with E-state index in [0.29, 0.717) is 12.1 Å². The minimum Gasteiger partial charge on any atom is -0.497 e. The number of nitro groups is 1. The van der Waals surface area contributed by atoms with E-state index < -0.39 is 0 Å². The molecule has 0 aliphatic heterocycles. The predicted molar refractivity (Wildman–Crippen MR) is 81.3 cm³/mol. The predicted octanol–water partition coefficient (Wildman–Crippen LogP) is 3.45. The number of para-hydroxylation sites is 1. The van der Waals surface area contributed by atoms with Crippen molar-refractivity contribution in [3.05, 3.63) is 69.8 Å². The molecule has 0 aromatic heterocycles. The molecule has 5 heteroatoms. The zero-order valence-corrected chi connectivity index (χ0v) is 12.1. The van der Waals surface area contributed by atoms with Gasteiger partial charge in [0.25, 0.3) is 5.69 Å². The lowest BCUT2D eigenvalue weighted by Crippen LogP contribution is -2.18. The van der Waals surface area contributed by atoms with Gasteiger partial charge in [0.1, 0.15) is 5.75 Å². The monoisotopic (exact) mass is 286 g/mol. The summed E-state index contributed by atoms with van der Waals surface area (Å²) in [6, 6.07) is 14.6. The molecular formula is C16H18N2O3. The van der Waals surface area contributed by atoms with Crippen LogP contribution in [0, 0.1) is 10.1 Å². The Kier molecular flexibility index (Phi) is 4.90. The first kappa shape index (κ1) is 15.0. The first-order valence-electron chi connectivity index (χ1n) is 6.71. The van der Waals surface area contributed by atoms with Crippen molar-refractivity contribution in [1.82, 2.24) is 5.32 Å². The van der Waals surface area contributed by atoms with E-state index in [-0.39, 0.29) is 16.7 Å². The molecule has 0 unspecified atom stereocenters. The van der Waals surface area contributed by atoms with Crippen molar-refractivity contribution in [1.29, 1.82) is 0 Å². The molecule has 1 atom stereocenters. The number of hydrogen-bond donors (Lipinski definition) is 1. The van der Waals surface area contributed by atoms with Gasteiger partial charge in [0.15, 0.2) is 0 Å². The van der Waals surface area contributed by atoms with Crippen LogP contribution in [0.25, 0.3) is 0 Å². The van der Waals surface area contributed by atoms with Crippen LogP contribution in [0.1, 0.15) is 24.1 Å². The maximum absolute atomic E-state index is 11.0. The molecule has 21 heavy (non-hydrogen) atoms. The first-order valence-corrected chi connectivity index (χ1v) is 6.71. The van der Waals surface area contributed by atoms with Crippen LogP contribution in [0.15, 0.2) is 48.5 Å². The van der Waals surface area contributed by atoms with Crippen molar-refractivity contribution in [2.45, 2.75) is 19.5 Å². The zero-order chi connectivity index (χ0) is 15.2. The molecule has 2 aromatic rings. The number of rotatable bonds is 6. The topological polar surface area (TPSA) is 64.4 Å². The fourth-order valence-electron chi connectivity index (χ4n) is 2.11. The van der Waals surface area contributed by atoms with Gasteiger partial charge in [-0.15, -0.1) is 0 Å². The molecule has 2 aromatic carbocycles. The van der Waals surface area contributed by atoms with Gasteiger partial charge in [-0.3, -0.25) is 10.1 Å². The summed E-state index contributed by atoms with van der Waals surface area (Å²) in [5, 5.41) is 14.3. The Balaban J connectivity index is 2.03. The molecule has 0 bridgehead atoms. The van der Waals surface area contributed by atoms with Crippen molar-refractivity contribution < 1.29 is 9.66 Å². The van der Waals surface area contributed by atoms with Crippen LogP contribution in [0.3, 0.4) is 0 Å². The standard InChI is InChI=1S/C16H18N2O3/c1-12(13-7-9-15(21-2)10-8-13)17-11-14-5-3-4-6-16(14)18(19)20/h3-10,12,17H,11H2,1-2H3/t12-/m0/s1. The zero-order valence-electron chi connectivity index (χ0n) is 12.1. The number of nitro benzene ring substituents is 1. The summed E-state index contributed by atoms with van der Waals surface area (Å²) in [5.74, 6) is 0.810. The van der Waals surface area contributed by atoms with E-state index in [1.54, 1.807) is 19.2 Å². The van der Waals surface area contributed by atoms with Crippen LogP contribution in [0.4, 0.5) is 5.69 Å². The van der Waals surface area contributed by atoms with E-state index in [0.717, 1.165) is 11.3 Å². The maximum atomic E-state index is 11.0. The van der Waals surface area contributed by atoms with Gasteiger partial charge < -0.3 is 10.1 Å². The fraction of sp³-hybridized carbons (Fsp3) is 0.250. The lowest BCUT2D eigenvalue weighted by Gasteiger charge is -2.14. The number of hydrogen-bond acceptors (Lipinski definition) is 4. The summed E-state index contributed by atoms with van der Waals surface area (Å²) in [6.45, 7) is 2.47. The van der Waals surface area contributed by atoms with E-state index in [2.05, 4.69) is 5.32 Å². The highest BCUT2D eigenvalue weighted by atomic mass is 16.6. The van der Waals surface area contributed by atoms with Crippen molar-refractivity contribution >= 4 is 5.69 Å². The van der Waals surface area contributed by atoms with Crippen LogP contribution in [-0.4, -0.2) is 12.0 Å². The molecule has 5 nitrogen and oxygen atoms in total. The molecule has 110 valence electrons. The molecule has 0 aliphatic carbocycles. The highest BCUT2D eigenvalue weighted by Crippen LogP contribution is 2.20. The van der Waals surface area contributed by atoms with Gasteiger partial charge in [-0.25, -0.2) is 0 Å². The van der Waals surface area contributed by atoms with Gasteiger partial charge in [-0.1, -0.05) is 30.3 Å². The molecule has 0 fully saturated rings. The molecule has 0 amide bonds.